The van der Waals surface area contributed by atoms with Gasteiger partial charge in [0.15, 0.2) is 0 Å². The number of H-pyrrole nitrogens is 2. The van der Waals surface area contributed by atoms with Crippen molar-refractivity contribution in [1.29, 1.82) is 0 Å². The van der Waals surface area contributed by atoms with Crippen LogP contribution in [0.2, 0.25) is 0 Å². The average molecular weight is 331 g/mol. The molecule has 23 heavy (non-hydrogen) atoms. The summed E-state index contributed by atoms with van der Waals surface area (Å²) in [5.74, 6) is 0.306. The Morgan fingerprint density at radius 1 is 1.30 bits per heavy atom. The summed E-state index contributed by atoms with van der Waals surface area (Å²) < 4.78 is 26.1. The molecular weight excluding hydrogens is 314 g/mol. The maximum atomic E-state index is 11.9. The molecule has 8 heteroatoms. The topological polar surface area (TPSA) is 117 Å². The number of hydrogen-bond acceptors (Lipinski definition) is 4. The molecule has 0 aliphatic rings. The Morgan fingerprint density at radius 3 is 2.96 bits per heavy atom. The van der Waals surface area contributed by atoms with E-state index in [1.54, 1.807) is 0 Å². The predicted molar refractivity (Wildman–Crippen MR) is 90.2 cm³/mol. The largest absolute Gasteiger partial charge is 0.361 e. The van der Waals surface area contributed by atoms with Gasteiger partial charge in [-0.25, -0.2) is 13.4 Å². The zero-order chi connectivity index (χ0) is 16.3. The fourth-order valence-electron chi connectivity index (χ4n) is 2.27. The molecule has 120 valence electrons. The fourth-order valence-corrected chi connectivity index (χ4v) is 3.16. The number of hydrogen-bond donors (Lipinski definition) is 4. The van der Waals surface area contributed by atoms with E-state index in [1.807, 2.05) is 30.5 Å². The van der Waals surface area contributed by atoms with Gasteiger partial charge in [0.2, 0.25) is 0 Å². The highest BCUT2D eigenvalue weighted by molar-refractivity contribution is 7.95. The van der Waals surface area contributed by atoms with Crippen molar-refractivity contribution in [1.82, 2.24) is 15.0 Å². The smallest absolute Gasteiger partial charge is 0.255 e. The molecule has 1 aromatic carbocycles. The monoisotopic (exact) mass is 331 g/mol. The normalized spacial score (nSPS) is 13.6. The van der Waals surface area contributed by atoms with Crippen molar-refractivity contribution in [2.75, 3.05) is 4.72 Å². The van der Waals surface area contributed by atoms with Crippen LogP contribution in [0.15, 0.2) is 54.5 Å². The summed E-state index contributed by atoms with van der Waals surface area (Å²) >= 11 is 0. The minimum atomic E-state index is -3.61. The number of nitrogens with one attached hydrogen (secondary N) is 3. The van der Waals surface area contributed by atoms with Gasteiger partial charge in [-0.15, -0.1) is 0 Å². The Labute approximate surface area is 133 Å². The number of nitrogens with two attached hydrogens (primary N) is 1. The molecule has 1 atom stereocenters. The van der Waals surface area contributed by atoms with E-state index in [0.717, 1.165) is 21.9 Å². The molecule has 0 saturated carbocycles. The highest BCUT2D eigenvalue weighted by Crippen LogP contribution is 2.15. The molecule has 3 aromatic rings. The molecular formula is C15H17N5O2S. The van der Waals surface area contributed by atoms with Gasteiger partial charge in [0.1, 0.15) is 5.82 Å². The SMILES string of the molecule is NC(/C=C/S(=O)(=O)Nc1cnc[nH]1)Cc1ccc2cc[nH]c2c1. The summed E-state index contributed by atoms with van der Waals surface area (Å²) in [5, 5.41) is 2.20. The van der Waals surface area contributed by atoms with Crippen molar-refractivity contribution < 1.29 is 8.42 Å². The number of sulfonamides is 1. The molecule has 1 unspecified atom stereocenters. The molecule has 0 saturated heterocycles. The van der Waals surface area contributed by atoms with Crippen LogP contribution in [0.25, 0.3) is 10.9 Å². The van der Waals surface area contributed by atoms with E-state index in [2.05, 4.69) is 19.7 Å². The third kappa shape index (κ3) is 3.99. The van der Waals surface area contributed by atoms with Crippen molar-refractivity contribution >= 4 is 26.7 Å². The number of aromatic nitrogens is 3. The maximum absolute atomic E-state index is 11.9. The summed E-state index contributed by atoms with van der Waals surface area (Å²) in [4.78, 5) is 9.55. The van der Waals surface area contributed by atoms with Gasteiger partial charge in [0.25, 0.3) is 10.0 Å². The molecule has 2 heterocycles. The van der Waals surface area contributed by atoms with Gasteiger partial charge in [-0.1, -0.05) is 18.2 Å². The summed E-state index contributed by atoms with van der Waals surface area (Å²) in [6.45, 7) is 0. The number of rotatable bonds is 6. The number of anilines is 1. The molecule has 0 aliphatic carbocycles. The number of imidazole rings is 1. The van der Waals surface area contributed by atoms with Gasteiger partial charge in [0.05, 0.1) is 12.5 Å². The lowest BCUT2D eigenvalue weighted by molar-refractivity contribution is 0.609. The second-order valence-electron chi connectivity index (χ2n) is 5.21. The summed E-state index contributed by atoms with van der Waals surface area (Å²) in [5.41, 5.74) is 8.07. The molecule has 0 fully saturated rings. The van der Waals surface area contributed by atoms with E-state index < -0.39 is 16.1 Å². The Kier molecular flexibility index (Phi) is 4.18. The van der Waals surface area contributed by atoms with Crippen molar-refractivity contribution in [3.05, 3.63) is 60.0 Å². The van der Waals surface area contributed by atoms with Crippen LogP contribution in [-0.2, 0) is 16.4 Å². The van der Waals surface area contributed by atoms with Crippen LogP contribution in [0.3, 0.4) is 0 Å². The second kappa shape index (κ2) is 6.27. The van der Waals surface area contributed by atoms with Crippen LogP contribution >= 0.6 is 0 Å². The van der Waals surface area contributed by atoms with Crippen LogP contribution in [0, 0.1) is 0 Å². The first-order chi connectivity index (χ1) is 11.0. The highest BCUT2D eigenvalue weighted by atomic mass is 32.2. The van der Waals surface area contributed by atoms with Gasteiger partial charge in [-0.2, -0.15) is 0 Å². The van der Waals surface area contributed by atoms with Crippen LogP contribution in [0.1, 0.15) is 5.56 Å². The number of benzene rings is 1. The van der Waals surface area contributed by atoms with E-state index in [1.165, 1.54) is 18.6 Å². The molecule has 2 aromatic heterocycles. The quantitative estimate of drug-likeness (QED) is 0.550. The first-order valence-electron chi connectivity index (χ1n) is 7.03. The van der Waals surface area contributed by atoms with E-state index in [0.29, 0.717) is 12.2 Å². The molecule has 5 N–H and O–H groups in total. The first-order valence-corrected chi connectivity index (χ1v) is 8.57. The van der Waals surface area contributed by atoms with Gasteiger partial charge < -0.3 is 15.7 Å². The van der Waals surface area contributed by atoms with Crippen LogP contribution in [0.4, 0.5) is 5.82 Å². The van der Waals surface area contributed by atoms with Gasteiger partial charge in [-0.05, 0) is 29.5 Å². The Hall–Kier alpha value is -2.58. The molecule has 0 aliphatic heterocycles. The van der Waals surface area contributed by atoms with Crippen molar-refractivity contribution in [2.24, 2.45) is 5.73 Å². The third-order valence-corrected chi connectivity index (χ3v) is 4.37. The molecule has 0 radical (unpaired) electrons. The molecule has 0 spiro atoms. The van der Waals surface area contributed by atoms with Crippen LogP contribution in [0.5, 0.6) is 0 Å². The Balaban J connectivity index is 1.64. The van der Waals surface area contributed by atoms with Crippen LogP contribution in [-0.4, -0.2) is 29.4 Å². The third-order valence-electron chi connectivity index (χ3n) is 3.35. The standard InChI is InChI=1S/C15H17N5O2S/c16-13(4-6-23(21,22)20-15-9-17-10-19-15)7-11-1-2-12-3-5-18-14(12)8-11/h1-6,8-10,13,18,20H,7,16H2,(H,17,19)/b6-4+. The Morgan fingerprint density at radius 2 is 2.17 bits per heavy atom. The summed E-state index contributed by atoms with van der Waals surface area (Å²) in [6, 6.07) is 7.60. The van der Waals surface area contributed by atoms with Crippen molar-refractivity contribution in [3.63, 3.8) is 0 Å². The predicted octanol–water partition coefficient (Wildman–Crippen LogP) is 1.72. The van der Waals surface area contributed by atoms with E-state index in [-0.39, 0.29) is 0 Å². The van der Waals surface area contributed by atoms with Gasteiger partial charge in [-0.3, -0.25) is 4.72 Å². The average Bonchev–Trinajstić information content (AvgIpc) is 3.15. The lowest BCUT2D eigenvalue weighted by atomic mass is 10.1. The van der Waals surface area contributed by atoms with Crippen LogP contribution < -0.4 is 10.5 Å². The minimum Gasteiger partial charge on any atom is -0.361 e. The van der Waals surface area contributed by atoms with E-state index >= 15 is 0 Å². The zero-order valence-electron chi connectivity index (χ0n) is 12.2. The Bertz CT molecular complexity index is 912. The maximum Gasteiger partial charge on any atom is 0.255 e. The fraction of sp³-hybridized carbons (Fsp3) is 0.133. The van der Waals surface area contributed by atoms with Crippen molar-refractivity contribution in [3.8, 4) is 0 Å². The zero-order valence-corrected chi connectivity index (χ0v) is 13.0. The first kappa shape index (κ1) is 15.3. The second-order valence-corrected chi connectivity index (χ2v) is 6.77. The van der Waals surface area contributed by atoms with E-state index in [9.17, 15) is 8.42 Å². The minimum absolute atomic E-state index is 0.306. The van der Waals surface area contributed by atoms with Gasteiger partial charge >= 0.3 is 0 Å². The summed E-state index contributed by atoms with van der Waals surface area (Å²) in [6.07, 6.45) is 6.67. The van der Waals surface area contributed by atoms with E-state index in [4.69, 9.17) is 5.73 Å². The number of nitrogens with zero attached hydrogens (tertiary/aromatic N) is 1. The number of fused-ring (bicyclic) bond motifs is 1. The van der Waals surface area contributed by atoms with Gasteiger partial charge in [0, 0.05) is 23.2 Å². The molecule has 7 nitrogen and oxygen atoms in total. The molecule has 3 rings (SSSR count). The highest BCUT2D eigenvalue weighted by Gasteiger charge is 2.08. The van der Waals surface area contributed by atoms with Crippen molar-refractivity contribution in [2.45, 2.75) is 12.5 Å². The number of aromatic amines is 2. The molecule has 0 bridgehead atoms. The lowest BCUT2D eigenvalue weighted by Crippen LogP contribution is -2.21. The summed E-state index contributed by atoms with van der Waals surface area (Å²) in [7, 11) is -3.61. The molecule has 0 amide bonds. The lowest BCUT2D eigenvalue weighted by Gasteiger charge is -2.07.